The maximum atomic E-state index is 10.9. The number of nitrogens with zero attached hydrogens (tertiary/aromatic N) is 1. The molecule has 1 rings (SSSR count). The summed E-state index contributed by atoms with van der Waals surface area (Å²) in [5, 5.41) is 0. The van der Waals surface area contributed by atoms with E-state index in [1.165, 1.54) is 19.4 Å². The molecule has 2 N–H and O–H groups in total. The highest BCUT2D eigenvalue weighted by molar-refractivity contribution is 7.90. The summed E-state index contributed by atoms with van der Waals surface area (Å²) in [7, 11) is -2.06. The number of rotatable bonds is 3. The van der Waals surface area contributed by atoms with Gasteiger partial charge in [-0.05, 0) is 12.1 Å². The standard InChI is InChI=1S/C6H9N3O2S/c1-7-12(10,11)9-6-2-4-8-5-3-6/h2-5,7H,1H3,(H,8,9). The van der Waals surface area contributed by atoms with Crippen molar-refractivity contribution < 1.29 is 8.42 Å². The summed E-state index contributed by atoms with van der Waals surface area (Å²) >= 11 is 0. The smallest absolute Gasteiger partial charge is 0.271 e. The van der Waals surface area contributed by atoms with Gasteiger partial charge in [-0.1, -0.05) is 0 Å². The van der Waals surface area contributed by atoms with Crippen LogP contribution in [0.15, 0.2) is 24.5 Å². The molecule has 0 radical (unpaired) electrons. The second kappa shape index (κ2) is 3.51. The first kappa shape index (κ1) is 8.95. The van der Waals surface area contributed by atoms with Gasteiger partial charge in [-0.2, -0.15) is 8.42 Å². The first-order chi connectivity index (χ1) is 5.64. The molecule has 1 aromatic rings. The molecule has 0 aliphatic carbocycles. The normalized spacial score (nSPS) is 11.1. The van der Waals surface area contributed by atoms with Crippen LogP contribution in [-0.4, -0.2) is 20.4 Å². The molecule has 0 unspecified atom stereocenters. The van der Waals surface area contributed by atoms with Crippen LogP contribution in [0.2, 0.25) is 0 Å². The molecule has 0 amide bonds. The minimum absolute atomic E-state index is 0.486. The van der Waals surface area contributed by atoms with Crippen molar-refractivity contribution in [2.24, 2.45) is 0 Å². The lowest BCUT2D eigenvalue weighted by Gasteiger charge is -2.04. The van der Waals surface area contributed by atoms with Gasteiger partial charge >= 0.3 is 0 Å². The van der Waals surface area contributed by atoms with E-state index in [0.29, 0.717) is 5.69 Å². The van der Waals surface area contributed by atoms with Gasteiger partial charge in [0.2, 0.25) is 0 Å². The van der Waals surface area contributed by atoms with Crippen LogP contribution in [0.3, 0.4) is 0 Å². The summed E-state index contributed by atoms with van der Waals surface area (Å²) in [6.07, 6.45) is 3.01. The maximum absolute atomic E-state index is 10.9. The van der Waals surface area contributed by atoms with Gasteiger partial charge in [0.15, 0.2) is 0 Å². The topological polar surface area (TPSA) is 71.1 Å². The number of anilines is 1. The molecule has 0 aliphatic heterocycles. The maximum Gasteiger partial charge on any atom is 0.298 e. The molecule has 0 atom stereocenters. The molecule has 0 aliphatic rings. The van der Waals surface area contributed by atoms with Crippen molar-refractivity contribution in [3.8, 4) is 0 Å². The fourth-order valence-corrected chi connectivity index (χ4v) is 1.17. The third-order valence-corrected chi connectivity index (χ3v) is 2.24. The van der Waals surface area contributed by atoms with Crippen LogP contribution < -0.4 is 9.44 Å². The third-order valence-electron chi connectivity index (χ3n) is 1.20. The van der Waals surface area contributed by atoms with E-state index in [9.17, 15) is 8.42 Å². The van der Waals surface area contributed by atoms with Gasteiger partial charge in [-0.3, -0.25) is 9.71 Å². The lowest BCUT2D eigenvalue weighted by Crippen LogP contribution is -2.26. The van der Waals surface area contributed by atoms with Crippen LogP contribution in [-0.2, 0) is 10.2 Å². The Morgan fingerprint density at radius 3 is 2.42 bits per heavy atom. The first-order valence-electron chi connectivity index (χ1n) is 3.25. The van der Waals surface area contributed by atoms with E-state index in [-0.39, 0.29) is 0 Å². The molecule has 0 saturated carbocycles. The van der Waals surface area contributed by atoms with Gasteiger partial charge in [0, 0.05) is 19.4 Å². The first-order valence-corrected chi connectivity index (χ1v) is 4.74. The molecule has 12 heavy (non-hydrogen) atoms. The lowest BCUT2D eigenvalue weighted by atomic mass is 10.4. The minimum Gasteiger partial charge on any atom is -0.271 e. The quantitative estimate of drug-likeness (QED) is 0.697. The highest BCUT2D eigenvalue weighted by atomic mass is 32.2. The van der Waals surface area contributed by atoms with Gasteiger partial charge < -0.3 is 0 Å². The number of hydrogen-bond donors (Lipinski definition) is 2. The highest BCUT2D eigenvalue weighted by Crippen LogP contribution is 2.04. The van der Waals surface area contributed by atoms with Crippen molar-refractivity contribution in [3.63, 3.8) is 0 Å². The Balaban J connectivity index is 2.78. The van der Waals surface area contributed by atoms with Gasteiger partial charge in [0.1, 0.15) is 0 Å². The molecule has 0 bridgehead atoms. The average Bonchev–Trinajstić information content (AvgIpc) is 2.06. The molecule has 0 spiro atoms. The Labute approximate surface area is 71.0 Å². The summed E-state index contributed by atoms with van der Waals surface area (Å²) < 4.78 is 26.3. The zero-order valence-electron chi connectivity index (χ0n) is 6.48. The van der Waals surface area contributed by atoms with E-state index in [1.807, 2.05) is 0 Å². The number of hydrogen-bond acceptors (Lipinski definition) is 3. The fraction of sp³-hybridized carbons (Fsp3) is 0.167. The van der Waals surface area contributed by atoms with E-state index >= 15 is 0 Å². The second-order valence-corrected chi connectivity index (χ2v) is 3.66. The monoisotopic (exact) mass is 187 g/mol. The minimum atomic E-state index is -3.40. The zero-order valence-corrected chi connectivity index (χ0v) is 7.30. The molecular weight excluding hydrogens is 178 g/mol. The van der Waals surface area contributed by atoms with Crippen LogP contribution >= 0.6 is 0 Å². The molecule has 1 heterocycles. The van der Waals surface area contributed by atoms with Gasteiger partial charge in [-0.25, -0.2) is 4.72 Å². The Hall–Kier alpha value is -1.14. The molecule has 0 fully saturated rings. The van der Waals surface area contributed by atoms with E-state index in [1.54, 1.807) is 12.1 Å². The van der Waals surface area contributed by atoms with Crippen molar-refractivity contribution in [2.75, 3.05) is 11.8 Å². The summed E-state index contributed by atoms with van der Waals surface area (Å²) in [6, 6.07) is 3.13. The largest absolute Gasteiger partial charge is 0.298 e. The molecule has 0 aromatic carbocycles. The number of pyridine rings is 1. The van der Waals surface area contributed by atoms with Gasteiger partial charge in [-0.15, -0.1) is 0 Å². The van der Waals surface area contributed by atoms with Crippen LogP contribution in [0.1, 0.15) is 0 Å². The lowest BCUT2D eigenvalue weighted by molar-refractivity contribution is 0.593. The van der Waals surface area contributed by atoms with Crippen molar-refractivity contribution in [1.29, 1.82) is 0 Å². The zero-order chi connectivity index (χ0) is 9.03. The van der Waals surface area contributed by atoms with Crippen LogP contribution in [0.5, 0.6) is 0 Å². The molecular formula is C6H9N3O2S. The Morgan fingerprint density at radius 2 is 1.92 bits per heavy atom. The highest BCUT2D eigenvalue weighted by Gasteiger charge is 2.04. The molecule has 0 saturated heterocycles. The fourth-order valence-electron chi connectivity index (χ4n) is 0.626. The SMILES string of the molecule is CNS(=O)(=O)Nc1ccncc1. The average molecular weight is 187 g/mol. The summed E-state index contributed by atoms with van der Waals surface area (Å²) in [5.74, 6) is 0. The van der Waals surface area contributed by atoms with Crippen molar-refractivity contribution in [3.05, 3.63) is 24.5 Å². The predicted octanol–water partition coefficient (Wildman–Crippen LogP) is -0.0423. The van der Waals surface area contributed by atoms with Crippen molar-refractivity contribution >= 4 is 15.9 Å². The number of aromatic nitrogens is 1. The van der Waals surface area contributed by atoms with Crippen LogP contribution in [0.25, 0.3) is 0 Å². The Bertz CT molecular complexity index is 335. The Kier molecular flexibility index (Phi) is 2.61. The van der Waals surface area contributed by atoms with E-state index in [0.717, 1.165) is 0 Å². The molecule has 1 aromatic heterocycles. The summed E-state index contributed by atoms with van der Waals surface area (Å²) in [6.45, 7) is 0. The van der Waals surface area contributed by atoms with Crippen molar-refractivity contribution in [2.45, 2.75) is 0 Å². The molecule has 6 heteroatoms. The predicted molar refractivity (Wildman–Crippen MR) is 45.8 cm³/mol. The van der Waals surface area contributed by atoms with E-state index in [4.69, 9.17) is 0 Å². The Morgan fingerprint density at radius 1 is 1.33 bits per heavy atom. The van der Waals surface area contributed by atoms with Gasteiger partial charge in [0.25, 0.3) is 10.2 Å². The van der Waals surface area contributed by atoms with E-state index < -0.39 is 10.2 Å². The number of nitrogens with one attached hydrogen (secondary N) is 2. The van der Waals surface area contributed by atoms with Crippen LogP contribution in [0.4, 0.5) is 5.69 Å². The third kappa shape index (κ3) is 2.48. The van der Waals surface area contributed by atoms with Crippen LogP contribution in [0, 0.1) is 0 Å². The summed E-state index contributed by atoms with van der Waals surface area (Å²) in [5.41, 5.74) is 0.486. The van der Waals surface area contributed by atoms with Gasteiger partial charge in [0.05, 0.1) is 5.69 Å². The summed E-state index contributed by atoms with van der Waals surface area (Å²) in [4.78, 5) is 3.75. The second-order valence-electron chi connectivity index (χ2n) is 2.05. The molecule has 5 nitrogen and oxygen atoms in total. The van der Waals surface area contributed by atoms with Crippen molar-refractivity contribution in [1.82, 2.24) is 9.71 Å². The van der Waals surface area contributed by atoms with E-state index in [2.05, 4.69) is 14.4 Å². The molecule has 66 valence electrons.